The van der Waals surface area contributed by atoms with Gasteiger partial charge in [0, 0.05) is 85.9 Å². The van der Waals surface area contributed by atoms with Gasteiger partial charge in [0.05, 0.1) is 24.4 Å². The molecule has 0 radical (unpaired) electrons. The zero-order valence-corrected chi connectivity index (χ0v) is 56.2. The van der Waals surface area contributed by atoms with Crippen molar-refractivity contribution in [1.29, 1.82) is 0 Å². The molecule has 4 unspecified atom stereocenters. The van der Waals surface area contributed by atoms with Gasteiger partial charge in [-0.05, 0) is 139 Å². The van der Waals surface area contributed by atoms with E-state index in [1.54, 1.807) is 0 Å². The number of rotatable bonds is 42. The van der Waals surface area contributed by atoms with Gasteiger partial charge in [0.25, 0.3) is 0 Å². The smallest absolute Gasteiger partial charge is 0.173 e. The van der Waals surface area contributed by atoms with Gasteiger partial charge in [0.1, 0.15) is 11.6 Å². The minimum absolute atomic E-state index is 0. The zero-order chi connectivity index (χ0) is 57.3. The van der Waals surface area contributed by atoms with Crippen molar-refractivity contribution in [3.8, 4) is 0 Å². The second-order valence-corrected chi connectivity index (χ2v) is 51.5. The molecule has 23 heteroatoms. The van der Waals surface area contributed by atoms with Crippen LogP contribution < -0.4 is 0 Å². The first kappa shape index (κ1) is 150. The second-order valence-electron chi connectivity index (χ2n) is 21.9. The van der Waals surface area contributed by atoms with E-state index >= 15 is 0 Å². The van der Waals surface area contributed by atoms with E-state index in [9.17, 15) is 39.0 Å². The van der Waals surface area contributed by atoms with Crippen LogP contribution in [-0.4, -0.2) is 164 Å². The van der Waals surface area contributed by atoms with E-state index in [1.165, 1.54) is 47.8 Å². The molecule has 0 aliphatic rings. The summed E-state index contributed by atoms with van der Waals surface area (Å²) in [6.45, 7) is 39.6. The van der Waals surface area contributed by atoms with Gasteiger partial charge in [-0.15, -0.1) is 0 Å². The molecule has 0 heterocycles. The fourth-order valence-corrected chi connectivity index (χ4v) is 35.1. The molecule has 4 N–H and O–H groups in total. The van der Waals surface area contributed by atoms with Gasteiger partial charge in [0.2, 0.25) is 0 Å². The average molecular weight is 1490 g/mol. The van der Waals surface area contributed by atoms with Crippen LogP contribution in [-0.2, 0) is 41.1 Å². The van der Waals surface area contributed by atoms with Gasteiger partial charge in [-0.25, -0.2) is 0 Å². The molecule has 0 aromatic carbocycles. The van der Waals surface area contributed by atoms with Gasteiger partial charge in [-0.3, -0.25) is 28.8 Å². The Kier molecular flexibility index (Phi) is 129. The van der Waals surface area contributed by atoms with Crippen LogP contribution in [0.15, 0.2) is 50.6 Å². The van der Waals surface area contributed by atoms with Crippen LogP contribution in [0.25, 0.3) is 0 Å². The third kappa shape index (κ3) is 89.4. The molecule has 0 saturated heterocycles. The number of thiol groups is 2. The van der Waals surface area contributed by atoms with Gasteiger partial charge >= 0.3 is 0 Å². The number of carbonyl (C=O) groups excluding carboxylic acids is 6. The lowest BCUT2D eigenvalue weighted by Crippen LogP contribution is -2.44. The number of thioether (sulfide) groups is 2. The molecular formula is C68H170O13S4Si6. The molecule has 0 aliphatic carbocycles. The van der Waals surface area contributed by atoms with Crippen molar-refractivity contribution >= 4 is 133 Å². The van der Waals surface area contributed by atoms with Crippen LogP contribution in [0.5, 0.6) is 0 Å². The summed E-state index contributed by atoms with van der Waals surface area (Å²) in [6.07, 6.45) is 5.94. The van der Waals surface area contributed by atoms with Crippen LogP contribution in [0.3, 0.4) is 0 Å². The SMILES string of the molecule is C.C.C.C.C.C.C.C.C.C.C.C.C.C.C.C.C.C.C=CC(=O)CC[Si](C)(C)O[Si](C)(C)CCC(=O)C=C.C=CC(=O)CC[Si](C)(C)O[Si](C)(C)CCC(=O)CCSCC(O)C(O)CSCCC(=O)CC[Si](C)(C)O[Si](C)(C)CCC(=O)C=C.OC(CS)C(O)CS. The lowest BCUT2D eigenvalue weighted by molar-refractivity contribution is -0.119. The van der Waals surface area contributed by atoms with E-state index < -0.39 is 74.3 Å². The molecule has 0 aliphatic heterocycles. The maximum Gasteiger partial charge on any atom is 0.173 e. The molecule has 13 nitrogen and oxygen atoms in total. The number of hydrogen-bond donors (Lipinski definition) is 6. The molecule has 4 atom stereocenters. The Balaban J connectivity index is -0.0000000492. The largest absolute Gasteiger partial charge is 0.455 e. The van der Waals surface area contributed by atoms with Gasteiger partial charge in [0.15, 0.2) is 73.0 Å². The molecule has 0 fully saturated rings. The number of allylic oxidation sites excluding steroid dienone is 4. The van der Waals surface area contributed by atoms with E-state index in [1.807, 2.05) is 0 Å². The Morgan fingerprint density at radius 3 is 0.648 bits per heavy atom. The maximum absolute atomic E-state index is 12.5. The van der Waals surface area contributed by atoms with E-state index in [-0.39, 0.29) is 180 Å². The molecule has 0 aromatic heterocycles. The first-order valence-electron chi connectivity index (χ1n) is 25.3. The molecular weight excluding hydrogens is 1320 g/mol. The molecule has 0 rings (SSSR count). The molecule has 0 spiro atoms. The summed E-state index contributed by atoms with van der Waals surface area (Å²) in [5, 5.41) is 38.2. The number of carbonyl (C=O) groups is 6. The third-order valence-electron chi connectivity index (χ3n) is 11.4. The minimum Gasteiger partial charge on any atom is -0.455 e. The van der Waals surface area contributed by atoms with Crippen LogP contribution in [0, 0.1) is 0 Å². The van der Waals surface area contributed by atoms with Gasteiger partial charge in [-0.1, -0.05) is 160 Å². The summed E-state index contributed by atoms with van der Waals surface area (Å²) < 4.78 is 19.3. The second kappa shape index (κ2) is 78.4. The highest BCUT2D eigenvalue weighted by Crippen LogP contribution is 2.27. The van der Waals surface area contributed by atoms with Crippen molar-refractivity contribution in [2.75, 3.05) is 34.5 Å². The number of ketones is 6. The molecule has 0 saturated carbocycles. The number of hydrogen-bond acceptors (Lipinski definition) is 17. The van der Waals surface area contributed by atoms with Crippen molar-refractivity contribution in [3.63, 3.8) is 0 Å². The Morgan fingerprint density at radius 2 is 0.495 bits per heavy atom. The van der Waals surface area contributed by atoms with Crippen LogP contribution in [0.1, 0.15) is 185 Å². The Morgan fingerprint density at radius 1 is 0.330 bits per heavy atom. The lowest BCUT2D eigenvalue weighted by Gasteiger charge is -2.34. The normalized spacial score (nSPS) is 11.2. The molecule has 91 heavy (non-hydrogen) atoms. The maximum atomic E-state index is 12.5. The van der Waals surface area contributed by atoms with Crippen LogP contribution >= 0.6 is 48.8 Å². The highest BCUT2D eigenvalue weighted by atomic mass is 32.2. The minimum atomic E-state index is -2.03. The summed E-state index contributed by atoms with van der Waals surface area (Å²) in [7, 11) is -11.7. The first-order valence-corrected chi connectivity index (χ1v) is 47.6. The van der Waals surface area contributed by atoms with Crippen LogP contribution in [0.2, 0.25) is 115 Å². The Hall–Kier alpha value is -0.599. The van der Waals surface area contributed by atoms with E-state index in [0.29, 0.717) is 74.4 Å². The highest BCUT2D eigenvalue weighted by Gasteiger charge is 2.36. The van der Waals surface area contributed by atoms with E-state index in [2.05, 4.69) is 130 Å². The number of aliphatic hydroxyl groups is 4. The van der Waals surface area contributed by atoms with E-state index in [0.717, 1.165) is 36.3 Å². The predicted molar refractivity (Wildman–Crippen MR) is 452 cm³/mol. The summed E-state index contributed by atoms with van der Waals surface area (Å²) in [5.41, 5.74) is 0. The number of Topliss-reactive ketones (excluding diaryl/α,β-unsaturated/α-hetero) is 2. The standard InChI is InChI=1S/C32H62O8S2Si4.C14H26O3Si2.C4H10O2S2.18CH4/c1-11-27(33)15-21-43(3,4)39-45(7,8)23-17-29(35)13-19-41-25-31(37)32(38)26-42-20-14-30(36)18-24-46(9,10)40-44(5,6)22-16-28(34)12-2;1-7-13(15)9-11-18(3,4)17-19(5,6)12-10-14(16)8-2;5-3(1-7)4(6)2-8;;;;;;;;;;;;;;;;;;/h11-12,31-32,37-38H,1-2,13-26H2,3-10H3;7-8H,1-2,9-12H2,3-6H3;3-8H,1-2H2;18*1H4. The van der Waals surface area contributed by atoms with Crippen molar-refractivity contribution in [3.05, 3.63) is 50.6 Å². The summed E-state index contributed by atoms with van der Waals surface area (Å²) in [5.74, 6) is 3.02. The van der Waals surface area contributed by atoms with Crippen LogP contribution in [0.4, 0.5) is 0 Å². The van der Waals surface area contributed by atoms with E-state index in [4.69, 9.17) is 22.6 Å². The topological polar surface area (TPSA) is 211 Å². The molecule has 568 valence electrons. The third-order valence-corrected chi connectivity index (χ3v) is 36.2. The molecule has 0 amide bonds. The fraction of sp³-hybridized carbons (Fsp3) is 0.794. The summed E-state index contributed by atoms with van der Waals surface area (Å²) in [4.78, 5) is 70.7. The molecule has 0 aromatic rings. The first-order chi connectivity index (χ1) is 33.5. The lowest BCUT2D eigenvalue weighted by atomic mass is 10.2. The highest BCUT2D eigenvalue weighted by molar-refractivity contribution is 7.99. The monoisotopic (exact) mass is 1490 g/mol. The molecule has 0 bridgehead atoms. The average Bonchev–Trinajstić information content (AvgIpc) is 3.31. The van der Waals surface area contributed by atoms with Crippen molar-refractivity contribution in [2.24, 2.45) is 0 Å². The van der Waals surface area contributed by atoms with Crippen molar-refractivity contribution in [1.82, 2.24) is 0 Å². The Bertz CT molecular complexity index is 1610. The van der Waals surface area contributed by atoms with Crippen molar-refractivity contribution < 1.29 is 61.5 Å². The Labute approximate surface area is 600 Å². The predicted octanol–water partition coefficient (Wildman–Crippen LogP) is 21.7. The summed E-state index contributed by atoms with van der Waals surface area (Å²) >= 11 is 10.5. The fourth-order valence-electron chi connectivity index (χ4n) is 7.03. The summed E-state index contributed by atoms with van der Waals surface area (Å²) in [6, 6.07) is 4.62. The van der Waals surface area contributed by atoms with Gasteiger partial charge < -0.3 is 32.8 Å². The quantitative estimate of drug-likeness (QED) is 0.0145. The number of aliphatic hydroxyl groups excluding tert-OH is 4. The zero-order valence-electron chi connectivity index (χ0n) is 46.8. The van der Waals surface area contributed by atoms with Crippen molar-refractivity contribution in [2.45, 2.75) is 324 Å². The van der Waals surface area contributed by atoms with Gasteiger partial charge in [-0.2, -0.15) is 48.8 Å².